The summed E-state index contributed by atoms with van der Waals surface area (Å²) in [5, 5.41) is 14.9. The van der Waals surface area contributed by atoms with Gasteiger partial charge in [-0.1, -0.05) is 20.8 Å². The number of rotatable bonds is 2. The van der Waals surface area contributed by atoms with Crippen LogP contribution in [0.25, 0.3) is 0 Å². The molecule has 1 aliphatic rings. The second-order valence-electron chi connectivity index (χ2n) is 6.49. The largest absolute Gasteiger partial charge is 0.378 e. The maximum Gasteiger partial charge on any atom is 0.330 e. The van der Waals surface area contributed by atoms with E-state index in [1.807, 2.05) is 0 Å². The van der Waals surface area contributed by atoms with E-state index in [2.05, 4.69) is 25.9 Å². The highest BCUT2D eigenvalue weighted by molar-refractivity contribution is 5.51. The minimum atomic E-state index is -0.473. The molecule has 0 bridgehead atoms. The topological polar surface area (TPSA) is 87.0 Å². The first-order chi connectivity index (χ1) is 8.80. The monoisotopic (exact) mass is 266 g/mol. The number of nitrogens with two attached hydrogens (primary N) is 1. The van der Waals surface area contributed by atoms with Gasteiger partial charge in [-0.2, -0.15) is 5.10 Å². The van der Waals surface area contributed by atoms with Crippen molar-refractivity contribution in [3.63, 3.8) is 0 Å². The third-order valence-electron chi connectivity index (χ3n) is 4.28. The number of hydrogen-bond donors (Lipinski definition) is 1. The van der Waals surface area contributed by atoms with E-state index in [9.17, 15) is 10.1 Å². The van der Waals surface area contributed by atoms with E-state index >= 15 is 0 Å². The van der Waals surface area contributed by atoms with Crippen LogP contribution in [0.4, 0.5) is 11.5 Å². The fourth-order valence-electron chi connectivity index (χ4n) is 2.98. The minimum Gasteiger partial charge on any atom is -0.378 e. The molecule has 0 amide bonds. The van der Waals surface area contributed by atoms with Crippen LogP contribution in [0.5, 0.6) is 0 Å². The third-order valence-corrected chi connectivity index (χ3v) is 4.28. The summed E-state index contributed by atoms with van der Waals surface area (Å²) in [5.74, 6) is 0.889. The van der Waals surface area contributed by atoms with Gasteiger partial charge in [0.25, 0.3) is 0 Å². The molecule has 0 atom stereocenters. The SMILES string of the molecule is CC(C)(C)C1CCC(n2ncc([N+](=O)[O-])c2N)CC1. The molecule has 106 valence electrons. The van der Waals surface area contributed by atoms with Crippen LogP contribution in [0.3, 0.4) is 0 Å². The van der Waals surface area contributed by atoms with Crippen LogP contribution >= 0.6 is 0 Å². The number of nitro groups is 1. The van der Waals surface area contributed by atoms with Gasteiger partial charge in [0.15, 0.2) is 0 Å². The lowest BCUT2D eigenvalue weighted by molar-refractivity contribution is -0.384. The second-order valence-corrected chi connectivity index (χ2v) is 6.49. The Morgan fingerprint density at radius 2 is 1.95 bits per heavy atom. The Hall–Kier alpha value is -1.59. The summed E-state index contributed by atoms with van der Waals surface area (Å²) in [6, 6.07) is 0.201. The molecule has 2 N–H and O–H groups in total. The average molecular weight is 266 g/mol. The van der Waals surface area contributed by atoms with Crippen LogP contribution in [-0.4, -0.2) is 14.7 Å². The Morgan fingerprint density at radius 1 is 1.37 bits per heavy atom. The molecule has 19 heavy (non-hydrogen) atoms. The maximum absolute atomic E-state index is 10.8. The van der Waals surface area contributed by atoms with Crippen molar-refractivity contribution in [3.8, 4) is 0 Å². The van der Waals surface area contributed by atoms with Gasteiger partial charge in [0.05, 0.1) is 11.0 Å². The van der Waals surface area contributed by atoms with Crippen molar-refractivity contribution in [2.24, 2.45) is 11.3 Å². The van der Waals surface area contributed by atoms with Gasteiger partial charge >= 0.3 is 5.69 Å². The van der Waals surface area contributed by atoms with Crippen molar-refractivity contribution in [2.75, 3.05) is 5.73 Å². The van der Waals surface area contributed by atoms with Crippen molar-refractivity contribution in [1.82, 2.24) is 9.78 Å². The number of aromatic nitrogens is 2. The van der Waals surface area contributed by atoms with Gasteiger partial charge in [-0.25, -0.2) is 4.68 Å². The van der Waals surface area contributed by atoms with E-state index in [0.717, 1.165) is 25.7 Å². The smallest absolute Gasteiger partial charge is 0.330 e. The van der Waals surface area contributed by atoms with Gasteiger partial charge in [0, 0.05) is 0 Å². The quantitative estimate of drug-likeness (QED) is 0.658. The Morgan fingerprint density at radius 3 is 2.37 bits per heavy atom. The van der Waals surface area contributed by atoms with Gasteiger partial charge < -0.3 is 5.73 Å². The number of hydrogen-bond acceptors (Lipinski definition) is 4. The zero-order valence-electron chi connectivity index (χ0n) is 11.8. The molecule has 6 heteroatoms. The Bertz CT molecular complexity index is 467. The molecule has 0 saturated heterocycles. The standard InChI is InChI=1S/C13H22N4O2/c1-13(2,3)9-4-6-10(7-5-9)16-12(14)11(8-15-16)17(18)19/h8-10H,4-7,14H2,1-3H3. The van der Waals surface area contributed by atoms with Crippen LogP contribution < -0.4 is 5.73 Å². The van der Waals surface area contributed by atoms with Gasteiger partial charge in [-0.3, -0.25) is 10.1 Å². The van der Waals surface area contributed by atoms with Crippen LogP contribution in [0.1, 0.15) is 52.5 Å². The average Bonchev–Trinajstić information content (AvgIpc) is 2.70. The molecule has 1 aromatic heterocycles. The van der Waals surface area contributed by atoms with E-state index in [1.54, 1.807) is 4.68 Å². The minimum absolute atomic E-state index is 0.0852. The molecule has 0 aliphatic heterocycles. The zero-order chi connectivity index (χ0) is 14.2. The molecule has 6 nitrogen and oxygen atoms in total. The number of anilines is 1. The summed E-state index contributed by atoms with van der Waals surface area (Å²) in [4.78, 5) is 10.3. The fourth-order valence-corrected chi connectivity index (χ4v) is 2.98. The molecular weight excluding hydrogens is 244 g/mol. The molecule has 1 aliphatic carbocycles. The van der Waals surface area contributed by atoms with Gasteiger partial charge in [-0.15, -0.1) is 0 Å². The van der Waals surface area contributed by atoms with Gasteiger partial charge in [0.1, 0.15) is 6.20 Å². The van der Waals surface area contributed by atoms with Crippen LogP contribution in [0, 0.1) is 21.4 Å². The number of nitrogens with zero attached hydrogens (tertiary/aromatic N) is 3. The highest BCUT2D eigenvalue weighted by atomic mass is 16.6. The molecule has 2 rings (SSSR count). The van der Waals surface area contributed by atoms with E-state index in [0.29, 0.717) is 11.3 Å². The fraction of sp³-hybridized carbons (Fsp3) is 0.769. The first-order valence-electron chi connectivity index (χ1n) is 6.78. The van der Waals surface area contributed by atoms with Crippen LogP contribution in [0.15, 0.2) is 6.20 Å². The number of nitrogen functional groups attached to an aromatic ring is 1. The van der Waals surface area contributed by atoms with E-state index in [1.165, 1.54) is 6.20 Å². The summed E-state index contributed by atoms with van der Waals surface area (Å²) in [7, 11) is 0. The van der Waals surface area contributed by atoms with E-state index in [-0.39, 0.29) is 17.5 Å². The Kier molecular flexibility index (Phi) is 3.52. The summed E-state index contributed by atoms with van der Waals surface area (Å²) < 4.78 is 1.64. The molecule has 1 fully saturated rings. The zero-order valence-corrected chi connectivity index (χ0v) is 11.8. The molecule has 0 radical (unpaired) electrons. The summed E-state index contributed by atoms with van der Waals surface area (Å²) in [6.45, 7) is 6.81. The molecular formula is C13H22N4O2. The van der Waals surface area contributed by atoms with Crippen molar-refractivity contribution in [2.45, 2.75) is 52.5 Å². The highest BCUT2D eigenvalue weighted by Gasteiger charge is 2.32. The lowest BCUT2D eigenvalue weighted by atomic mass is 9.71. The van der Waals surface area contributed by atoms with Crippen molar-refractivity contribution in [3.05, 3.63) is 16.3 Å². The van der Waals surface area contributed by atoms with Crippen LogP contribution in [0.2, 0.25) is 0 Å². The van der Waals surface area contributed by atoms with Crippen molar-refractivity contribution < 1.29 is 4.92 Å². The van der Waals surface area contributed by atoms with E-state index < -0.39 is 4.92 Å². The molecule has 1 heterocycles. The molecule has 0 spiro atoms. The normalized spacial score (nSPS) is 24.4. The first kappa shape index (κ1) is 13.8. The van der Waals surface area contributed by atoms with E-state index in [4.69, 9.17) is 5.73 Å². The van der Waals surface area contributed by atoms with Crippen molar-refractivity contribution >= 4 is 11.5 Å². The molecule has 0 unspecified atom stereocenters. The lowest BCUT2D eigenvalue weighted by Gasteiger charge is -2.37. The Balaban J connectivity index is 2.08. The van der Waals surface area contributed by atoms with Crippen LogP contribution in [-0.2, 0) is 0 Å². The molecule has 0 aromatic carbocycles. The second kappa shape index (κ2) is 4.83. The molecule has 1 aromatic rings. The predicted octanol–water partition coefficient (Wildman–Crippen LogP) is 3.15. The Labute approximate surface area is 113 Å². The summed E-state index contributed by atoms with van der Waals surface area (Å²) in [5.41, 5.74) is 6.06. The highest BCUT2D eigenvalue weighted by Crippen LogP contribution is 2.42. The van der Waals surface area contributed by atoms with Gasteiger partial charge in [-0.05, 0) is 37.0 Å². The lowest BCUT2D eigenvalue weighted by Crippen LogP contribution is -2.27. The summed E-state index contributed by atoms with van der Waals surface area (Å²) >= 11 is 0. The third kappa shape index (κ3) is 2.72. The predicted molar refractivity (Wildman–Crippen MR) is 73.7 cm³/mol. The first-order valence-corrected chi connectivity index (χ1v) is 6.78. The van der Waals surface area contributed by atoms with Crippen molar-refractivity contribution in [1.29, 1.82) is 0 Å². The van der Waals surface area contributed by atoms with Gasteiger partial charge in [0.2, 0.25) is 5.82 Å². The molecule has 1 saturated carbocycles. The maximum atomic E-state index is 10.8. The summed E-state index contributed by atoms with van der Waals surface area (Å²) in [6.07, 6.45) is 5.49.